The molecule has 0 amide bonds. The molecule has 0 aliphatic carbocycles. The van der Waals surface area contributed by atoms with Crippen molar-refractivity contribution in [2.75, 3.05) is 31.1 Å². The minimum atomic E-state index is 1.06. The van der Waals surface area contributed by atoms with Crippen LogP contribution in [0.25, 0.3) is 32.9 Å². The van der Waals surface area contributed by atoms with Crippen molar-refractivity contribution in [2.24, 2.45) is 7.05 Å². The Morgan fingerprint density at radius 1 is 0.741 bits per heavy atom. The first-order valence-electron chi connectivity index (χ1n) is 9.68. The molecule has 134 valence electrons. The fourth-order valence-electron chi connectivity index (χ4n) is 4.30. The maximum atomic E-state index is 3.42. The third-order valence-electron chi connectivity index (χ3n) is 5.71. The summed E-state index contributed by atoms with van der Waals surface area (Å²) >= 11 is 0. The Morgan fingerprint density at radius 3 is 1.89 bits per heavy atom. The van der Waals surface area contributed by atoms with Gasteiger partial charge in [-0.1, -0.05) is 36.4 Å². The summed E-state index contributed by atoms with van der Waals surface area (Å²) in [5.41, 5.74) is 6.44. The molecule has 1 aliphatic heterocycles. The number of hydrogen-bond donors (Lipinski definition) is 1. The summed E-state index contributed by atoms with van der Waals surface area (Å²) in [6.07, 6.45) is 0. The van der Waals surface area contributed by atoms with Crippen LogP contribution in [0.4, 0.5) is 5.69 Å². The second-order valence-corrected chi connectivity index (χ2v) is 7.25. The van der Waals surface area contributed by atoms with E-state index in [0.717, 1.165) is 26.2 Å². The highest BCUT2D eigenvalue weighted by atomic mass is 15.2. The van der Waals surface area contributed by atoms with Gasteiger partial charge >= 0.3 is 0 Å². The molecule has 3 nitrogen and oxygen atoms in total. The second kappa shape index (κ2) is 6.67. The van der Waals surface area contributed by atoms with E-state index < -0.39 is 0 Å². The summed E-state index contributed by atoms with van der Waals surface area (Å²) in [6, 6.07) is 26.5. The van der Waals surface area contributed by atoms with E-state index in [1.807, 2.05) is 0 Å². The first-order valence-corrected chi connectivity index (χ1v) is 9.68. The number of hydrogen-bond acceptors (Lipinski definition) is 2. The number of aromatic nitrogens is 1. The fraction of sp³-hybridized carbons (Fsp3) is 0.208. The zero-order chi connectivity index (χ0) is 18.2. The molecular weight excluding hydrogens is 330 g/mol. The van der Waals surface area contributed by atoms with Gasteiger partial charge in [-0.05, 0) is 29.8 Å². The SMILES string of the molecule is C[n+]1c2ccccc2c(-c2ccc(N3CCNCC3)cc2)c2ccccc21. The summed E-state index contributed by atoms with van der Waals surface area (Å²) in [6.45, 7) is 4.27. The van der Waals surface area contributed by atoms with Crippen LogP contribution in [-0.2, 0) is 7.05 Å². The molecule has 4 aromatic rings. The van der Waals surface area contributed by atoms with E-state index in [1.165, 1.54) is 38.6 Å². The number of rotatable bonds is 2. The van der Waals surface area contributed by atoms with E-state index >= 15 is 0 Å². The van der Waals surface area contributed by atoms with E-state index in [2.05, 4.69) is 94.6 Å². The van der Waals surface area contributed by atoms with Crippen molar-refractivity contribution in [3.63, 3.8) is 0 Å². The molecule has 0 unspecified atom stereocenters. The Hall–Kier alpha value is -2.91. The van der Waals surface area contributed by atoms with Gasteiger partial charge in [0.05, 0.1) is 10.8 Å². The molecule has 1 aromatic heterocycles. The van der Waals surface area contributed by atoms with Crippen molar-refractivity contribution in [1.29, 1.82) is 0 Å². The smallest absolute Gasteiger partial charge is 0.213 e. The van der Waals surface area contributed by atoms with Crippen molar-refractivity contribution < 1.29 is 4.57 Å². The molecule has 3 aromatic carbocycles. The molecule has 0 radical (unpaired) electrons. The van der Waals surface area contributed by atoms with Crippen LogP contribution in [0.1, 0.15) is 0 Å². The molecule has 0 saturated carbocycles. The van der Waals surface area contributed by atoms with Crippen molar-refractivity contribution in [3.8, 4) is 11.1 Å². The van der Waals surface area contributed by atoms with Gasteiger partial charge in [-0.3, -0.25) is 0 Å². The molecule has 0 spiro atoms. The zero-order valence-corrected chi connectivity index (χ0v) is 15.7. The van der Waals surface area contributed by atoms with Gasteiger partial charge in [-0.25, -0.2) is 0 Å². The lowest BCUT2D eigenvalue weighted by atomic mass is 9.95. The van der Waals surface area contributed by atoms with Crippen LogP contribution in [0.15, 0.2) is 72.8 Å². The quantitative estimate of drug-likeness (QED) is 0.435. The molecule has 3 heteroatoms. The molecule has 5 rings (SSSR count). The molecule has 0 atom stereocenters. The van der Waals surface area contributed by atoms with Crippen molar-refractivity contribution in [1.82, 2.24) is 5.32 Å². The van der Waals surface area contributed by atoms with Gasteiger partial charge in [-0.15, -0.1) is 0 Å². The monoisotopic (exact) mass is 354 g/mol. The zero-order valence-electron chi connectivity index (χ0n) is 15.7. The minimum Gasteiger partial charge on any atom is -0.369 e. The maximum absolute atomic E-state index is 3.42. The number of pyridine rings is 1. The van der Waals surface area contributed by atoms with Crippen LogP contribution in [0, 0.1) is 0 Å². The number of nitrogens with one attached hydrogen (secondary N) is 1. The highest BCUT2D eigenvalue weighted by Gasteiger charge is 2.18. The number of anilines is 1. The molecule has 1 N–H and O–H groups in total. The second-order valence-electron chi connectivity index (χ2n) is 7.25. The predicted octanol–water partition coefficient (Wildman–Crippen LogP) is 3.89. The fourth-order valence-corrected chi connectivity index (χ4v) is 4.30. The van der Waals surface area contributed by atoms with Gasteiger partial charge in [0, 0.05) is 49.6 Å². The summed E-state index contributed by atoms with van der Waals surface area (Å²) < 4.78 is 2.29. The third-order valence-corrected chi connectivity index (χ3v) is 5.71. The van der Waals surface area contributed by atoms with Crippen LogP contribution >= 0.6 is 0 Å². The van der Waals surface area contributed by atoms with E-state index in [1.54, 1.807) is 0 Å². The minimum absolute atomic E-state index is 1.06. The van der Waals surface area contributed by atoms with Crippen LogP contribution in [0.3, 0.4) is 0 Å². The summed E-state index contributed by atoms with van der Waals surface area (Å²) in [5, 5.41) is 6.02. The van der Waals surface area contributed by atoms with E-state index in [-0.39, 0.29) is 0 Å². The molecule has 0 bridgehead atoms. The Balaban J connectivity index is 1.70. The standard InChI is InChI=1S/C24H24N3/c1-26-22-8-4-2-6-20(22)24(21-7-3-5-9-23(21)26)18-10-12-19(13-11-18)27-16-14-25-15-17-27/h2-13,25H,14-17H2,1H3/q+1. The van der Waals surface area contributed by atoms with Gasteiger partial charge in [0.2, 0.25) is 11.0 Å². The van der Waals surface area contributed by atoms with Crippen LogP contribution < -0.4 is 14.8 Å². The number of fused-ring (bicyclic) bond motifs is 2. The summed E-state index contributed by atoms with van der Waals surface area (Å²) in [4.78, 5) is 2.46. The Morgan fingerprint density at radius 2 is 1.30 bits per heavy atom. The third kappa shape index (κ3) is 2.75. The van der Waals surface area contributed by atoms with Crippen LogP contribution in [-0.4, -0.2) is 26.2 Å². The molecule has 27 heavy (non-hydrogen) atoms. The van der Waals surface area contributed by atoms with Gasteiger partial charge in [0.15, 0.2) is 0 Å². The number of para-hydroxylation sites is 2. The summed E-state index contributed by atoms with van der Waals surface area (Å²) in [7, 11) is 2.15. The topological polar surface area (TPSA) is 19.1 Å². The van der Waals surface area contributed by atoms with E-state index in [0.29, 0.717) is 0 Å². The lowest BCUT2D eigenvalue weighted by Crippen LogP contribution is -2.43. The lowest BCUT2D eigenvalue weighted by Gasteiger charge is -2.29. The molecule has 1 aliphatic rings. The van der Waals surface area contributed by atoms with Crippen LogP contribution in [0.5, 0.6) is 0 Å². The number of aryl methyl sites for hydroxylation is 1. The largest absolute Gasteiger partial charge is 0.369 e. The first kappa shape index (κ1) is 16.3. The molecular formula is C24H24N3+. The average molecular weight is 354 g/mol. The maximum Gasteiger partial charge on any atom is 0.213 e. The lowest BCUT2D eigenvalue weighted by molar-refractivity contribution is -0.617. The Bertz CT molecular complexity index is 1050. The van der Waals surface area contributed by atoms with Crippen molar-refractivity contribution in [2.45, 2.75) is 0 Å². The highest BCUT2D eigenvalue weighted by molar-refractivity contribution is 6.07. The van der Waals surface area contributed by atoms with E-state index in [4.69, 9.17) is 0 Å². The number of nitrogens with zero attached hydrogens (tertiary/aromatic N) is 2. The average Bonchev–Trinajstić information content (AvgIpc) is 2.75. The normalized spacial score (nSPS) is 14.8. The highest BCUT2D eigenvalue weighted by Crippen LogP contribution is 2.34. The van der Waals surface area contributed by atoms with Gasteiger partial charge in [0.25, 0.3) is 0 Å². The Labute approximate surface area is 159 Å². The molecule has 1 saturated heterocycles. The number of piperazine rings is 1. The van der Waals surface area contributed by atoms with Crippen molar-refractivity contribution in [3.05, 3.63) is 72.8 Å². The Kier molecular flexibility index (Phi) is 4.02. The number of benzene rings is 3. The van der Waals surface area contributed by atoms with Gasteiger partial charge in [0.1, 0.15) is 7.05 Å². The molecule has 2 heterocycles. The summed E-state index contributed by atoms with van der Waals surface area (Å²) in [5.74, 6) is 0. The molecule has 1 fully saturated rings. The van der Waals surface area contributed by atoms with Crippen LogP contribution in [0.2, 0.25) is 0 Å². The predicted molar refractivity (Wildman–Crippen MR) is 113 cm³/mol. The first-order chi connectivity index (χ1) is 13.3. The van der Waals surface area contributed by atoms with E-state index in [9.17, 15) is 0 Å². The van der Waals surface area contributed by atoms with Gasteiger partial charge in [-0.2, -0.15) is 4.57 Å². The van der Waals surface area contributed by atoms with Crippen molar-refractivity contribution >= 4 is 27.5 Å². The van der Waals surface area contributed by atoms with Gasteiger partial charge < -0.3 is 10.2 Å².